The first-order chi connectivity index (χ1) is 11.3. The number of carbonyl (C=O) groups is 2. The Morgan fingerprint density at radius 1 is 1.00 bits per heavy atom. The second-order valence-electron chi connectivity index (χ2n) is 5.98. The lowest BCUT2D eigenvalue weighted by Gasteiger charge is -2.34. The number of hydrogen-bond acceptors (Lipinski definition) is 4. The van der Waals surface area contributed by atoms with Crippen LogP contribution in [0, 0.1) is 0 Å². The first kappa shape index (κ1) is 18.6. The molecule has 1 aliphatic rings. The van der Waals surface area contributed by atoms with Gasteiger partial charge in [-0.15, -0.1) is 0 Å². The largest absolute Gasteiger partial charge is 0.340 e. The smallest absolute Gasteiger partial charge is 0.243 e. The van der Waals surface area contributed by atoms with Crippen LogP contribution in [0.15, 0.2) is 29.2 Å². The monoisotopic (exact) mass is 352 g/mol. The second-order valence-corrected chi connectivity index (χ2v) is 7.92. The summed E-state index contributed by atoms with van der Waals surface area (Å²) >= 11 is 0. The predicted octanol–water partition coefficient (Wildman–Crippen LogP) is 1.45. The Morgan fingerprint density at radius 2 is 1.58 bits per heavy atom. The molecule has 0 N–H and O–H groups in total. The summed E-state index contributed by atoms with van der Waals surface area (Å²) in [5.41, 5.74) is 1.09. The Labute approximate surface area is 143 Å². The molecule has 0 spiro atoms. The molecule has 1 heterocycles. The fourth-order valence-electron chi connectivity index (χ4n) is 2.67. The molecular formula is C17H24N2O4S. The maximum absolute atomic E-state index is 12.7. The third kappa shape index (κ3) is 4.42. The van der Waals surface area contributed by atoms with Crippen LogP contribution in [0.5, 0.6) is 0 Å². The molecule has 0 aliphatic carbocycles. The number of Topliss-reactive ketones (excluding diaryl/α,β-unsaturated/α-hetero) is 1. The summed E-state index contributed by atoms with van der Waals surface area (Å²) in [6.07, 6.45) is 1.29. The Morgan fingerprint density at radius 3 is 2.08 bits per heavy atom. The van der Waals surface area contributed by atoms with Crippen LogP contribution >= 0.6 is 0 Å². The third-order valence-corrected chi connectivity index (χ3v) is 6.16. The van der Waals surface area contributed by atoms with Crippen molar-refractivity contribution >= 4 is 21.7 Å². The highest BCUT2D eigenvalue weighted by atomic mass is 32.2. The minimum atomic E-state index is -3.52. The first-order valence-electron chi connectivity index (χ1n) is 8.21. The van der Waals surface area contributed by atoms with Gasteiger partial charge in [-0.3, -0.25) is 4.79 Å². The number of piperazine rings is 1. The molecule has 6 nitrogen and oxygen atoms in total. The molecule has 132 valence electrons. The van der Waals surface area contributed by atoms with Crippen LogP contribution in [0.4, 0.5) is 0 Å². The van der Waals surface area contributed by atoms with Gasteiger partial charge in [0.2, 0.25) is 15.9 Å². The van der Waals surface area contributed by atoms with Gasteiger partial charge in [0.25, 0.3) is 0 Å². The minimum Gasteiger partial charge on any atom is -0.340 e. The molecular weight excluding hydrogens is 328 g/mol. The third-order valence-electron chi connectivity index (χ3n) is 4.25. The van der Waals surface area contributed by atoms with Crippen LogP contribution < -0.4 is 0 Å². The first-order valence-corrected chi connectivity index (χ1v) is 9.65. The molecule has 0 saturated carbocycles. The number of aryl methyl sites for hydroxylation is 1. The molecule has 0 aromatic heterocycles. The molecule has 1 saturated heterocycles. The molecule has 0 radical (unpaired) electrons. The molecule has 1 aromatic rings. The molecule has 1 aliphatic heterocycles. The Bertz CT molecular complexity index is 690. The molecule has 7 heteroatoms. The van der Waals surface area contributed by atoms with Gasteiger partial charge in [-0.2, -0.15) is 4.31 Å². The summed E-state index contributed by atoms with van der Waals surface area (Å²) in [4.78, 5) is 24.9. The van der Waals surface area contributed by atoms with Crippen molar-refractivity contribution in [1.29, 1.82) is 0 Å². The summed E-state index contributed by atoms with van der Waals surface area (Å²) in [5, 5.41) is 0. The zero-order valence-electron chi connectivity index (χ0n) is 14.2. The van der Waals surface area contributed by atoms with E-state index in [9.17, 15) is 18.0 Å². The van der Waals surface area contributed by atoms with Crippen molar-refractivity contribution in [3.8, 4) is 0 Å². The van der Waals surface area contributed by atoms with E-state index in [1.807, 2.05) is 19.1 Å². The van der Waals surface area contributed by atoms with E-state index in [0.717, 1.165) is 12.0 Å². The SMILES string of the molecule is CCc1ccc(S(=O)(=O)N2CCN(C(=O)CCC(C)=O)CC2)cc1. The Kier molecular flexibility index (Phi) is 6.12. The molecule has 2 rings (SSSR count). The molecule has 1 aromatic carbocycles. The highest BCUT2D eigenvalue weighted by Crippen LogP contribution is 2.19. The highest BCUT2D eigenvalue weighted by Gasteiger charge is 2.29. The molecule has 0 atom stereocenters. The fourth-order valence-corrected chi connectivity index (χ4v) is 4.09. The maximum atomic E-state index is 12.7. The van der Waals surface area contributed by atoms with Crippen molar-refractivity contribution in [2.45, 2.75) is 38.0 Å². The lowest BCUT2D eigenvalue weighted by Crippen LogP contribution is -2.50. The van der Waals surface area contributed by atoms with E-state index in [4.69, 9.17) is 0 Å². The van der Waals surface area contributed by atoms with Gasteiger partial charge in [0.1, 0.15) is 5.78 Å². The quantitative estimate of drug-likeness (QED) is 0.777. The van der Waals surface area contributed by atoms with Gasteiger partial charge in [0.05, 0.1) is 4.90 Å². The molecule has 1 fully saturated rings. The van der Waals surface area contributed by atoms with Gasteiger partial charge >= 0.3 is 0 Å². The van der Waals surface area contributed by atoms with E-state index in [2.05, 4.69) is 0 Å². The van der Waals surface area contributed by atoms with E-state index >= 15 is 0 Å². The van der Waals surface area contributed by atoms with E-state index in [1.165, 1.54) is 11.2 Å². The summed E-state index contributed by atoms with van der Waals surface area (Å²) in [5.74, 6) is -0.102. The number of sulfonamides is 1. The summed E-state index contributed by atoms with van der Waals surface area (Å²) < 4.78 is 26.7. The summed E-state index contributed by atoms with van der Waals surface area (Å²) in [6.45, 7) is 4.77. The van der Waals surface area contributed by atoms with Crippen molar-refractivity contribution in [3.63, 3.8) is 0 Å². The van der Waals surface area contributed by atoms with E-state index < -0.39 is 10.0 Å². The zero-order valence-corrected chi connectivity index (χ0v) is 15.0. The Hall–Kier alpha value is -1.73. The van der Waals surface area contributed by atoms with Crippen molar-refractivity contribution in [2.75, 3.05) is 26.2 Å². The number of amides is 1. The molecule has 24 heavy (non-hydrogen) atoms. The molecule has 0 bridgehead atoms. The van der Waals surface area contributed by atoms with Crippen LogP contribution in [0.2, 0.25) is 0 Å². The van der Waals surface area contributed by atoms with Crippen LogP contribution in [-0.4, -0.2) is 55.5 Å². The van der Waals surface area contributed by atoms with Crippen molar-refractivity contribution in [1.82, 2.24) is 9.21 Å². The maximum Gasteiger partial charge on any atom is 0.243 e. The number of rotatable bonds is 6. The zero-order chi connectivity index (χ0) is 17.7. The van der Waals surface area contributed by atoms with Crippen molar-refractivity contribution in [3.05, 3.63) is 29.8 Å². The fraction of sp³-hybridized carbons (Fsp3) is 0.529. The predicted molar refractivity (Wildman–Crippen MR) is 91.1 cm³/mol. The van der Waals surface area contributed by atoms with Gasteiger partial charge in [-0.1, -0.05) is 19.1 Å². The lowest BCUT2D eigenvalue weighted by molar-refractivity contribution is -0.134. The van der Waals surface area contributed by atoms with Gasteiger partial charge in [0.15, 0.2) is 0 Å². The van der Waals surface area contributed by atoms with E-state index in [1.54, 1.807) is 17.0 Å². The highest BCUT2D eigenvalue weighted by molar-refractivity contribution is 7.89. The normalized spacial score (nSPS) is 16.2. The summed E-state index contributed by atoms with van der Waals surface area (Å²) in [7, 11) is -3.52. The van der Waals surface area contributed by atoms with Gasteiger partial charge in [0, 0.05) is 39.0 Å². The number of ketones is 1. The summed E-state index contributed by atoms with van der Waals surface area (Å²) in [6, 6.07) is 6.93. The van der Waals surface area contributed by atoms with Crippen LogP contribution in [0.25, 0.3) is 0 Å². The van der Waals surface area contributed by atoms with Crippen LogP contribution in [0.1, 0.15) is 32.3 Å². The van der Waals surface area contributed by atoms with Crippen LogP contribution in [-0.2, 0) is 26.0 Å². The number of nitrogens with zero attached hydrogens (tertiary/aromatic N) is 2. The average molecular weight is 352 g/mol. The van der Waals surface area contributed by atoms with E-state index in [0.29, 0.717) is 13.1 Å². The molecule has 0 unspecified atom stereocenters. The standard InChI is InChI=1S/C17H24N2O4S/c1-3-15-5-7-16(8-6-15)24(22,23)19-12-10-18(11-13-19)17(21)9-4-14(2)20/h5-8H,3-4,9-13H2,1-2H3. The van der Waals surface area contributed by atoms with Crippen molar-refractivity contribution in [2.24, 2.45) is 0 Å². The average Bonchev–Trinajstić information content (AvgIpc) is 2.59. The van der Waals surface area contributed by atoms with Crippen LogP contribution in [0.3, 0.4) is 0 Å². The number of benzene rings is 1. The number of carbonyl (C=O) groups excluding carboxylic acids is 2. The minimum absolute atomic E-state index is 0.0138. The molecule has 1 amide bonds. The van der Waals surface area contributed by atoms with Gasteiger partial charge < -0.3 is 9.69 Å². The van der Waals surface area contributed by atoms with Gasteiger partial charge in [-0.25, -0.2) is 8.42 Å². The lowest BCUT2D eigenvalue weighted by atomic mass is 10.2. The Balaban J connectivity index is 1.97. The van der Waals surface area contributed by atoms with Gasteiger partial charge in [-0.05, 0) is 31.0 Å². The van der Waals surface area contributed by atoms with Crippen molar-refractivity contribution < 1.29 is 18.0 Å². The number of hydrogen-bond donors (Lipinski definition) is 0. The van der Waals surface area contributed by atoms with E-state index in [-0.39, 0.29) is 42.5 Å². The second kappa shape index (κ2) is 7.90. The topological polar surface area (TPSA) is 74.8 Å².